The Labute approximate surface area is 116 Å². The third-order valence-corrected chi connectivity index (χ3v) is 5.54. The van der Waals surface area contributed by atoms with E-state index in [4.69, 9.17) is 0 Å². The highest BCUT2D eigenvalue weighted by Gasteiger charge is 2.37. The van der Waals surface area contributed by atoms with E-state index in [9.17, 15) is 10.4 Å². The van der Waals surface area contributed by atoms with Crippen LogP contribution in [0.15, 0.2) is 0 Å². The molecule has 0 radical (unpaired) electrons. The van der Waals surface area contributed by atoms with Crippen molar-refractivity contribution in [3.05, 3.63) is 5.21 Å². The number of nitrogens with zero attached hydrogens (tertiary/aromatic N) is 2. The third-order valence-electron chi connectivity index (χ3n) is 5.54. The summed E-state index contributed by atoms with van der Waals surface area (Å²) < 4.78 is 0. The number of rotatable bonds is 2. The second kappa shape index (κ2) is 6.08. The Bertz CT molecular complexity index is 290. The summed E-state index contributed by atoms with van der Waals surface area (Å²) in [5, 5.41) is 25.7. The first-order valence-electron chi connectivity index (χ1n) is 8.20. The van der Waals surface area contributed by atoms with Gasteiger partial charge in [0, 0.05) is 12.1 Å². The van der Waals surface area contributed by atoms with Gasteiger partial charge in [0.2, 0.25) is 0 Å². The average molecular weight is 267 g/mol. The SMILES string of the molecule is [O-]N1C2CCCCC2CCC1N(O)C1CCCCC1. The maximum atomic E-state index is 12.6. The lowest BCUT2D eigenvalue weighted by Crippen LogP contribution is -2.57. The van der Waals surface area contributed by atoms with Crippen molar-refractivity contribution in [3.8, 4) is 0 Å². The summed E-state index contributed by atoms with van der Waals surface area (Å²) in [6.45, 7) is 0. The van der Waals surface area contributed by atoms with Crippen LogP contribution >= 0.6 is 0 Å². The molecule has 1 N–H and O–H groups in total. The van der Waals surface area contributed by atoms with E-state index < -0.39 is 0 Å². The molecule has 110 valence electrons. The summed E-state index contributed by atoms with van der Waals surface area (Å²) in [5.74, 6) is 0.585. The van der Waals surface area contributed by atoms with Crippen LogP contribution in [0.1, 0.15) is 70.6 Å². The predicted octanol–water partition coefficient (Wildman–Crippen LogP) is 3.49. The number of fused-ring (bicyclic) bond motifs is 1. The Hall–Kier alpha value is -0.160. The van der Waals surface area contributed by atoms with Gasteiger partial charge in [-0.1, -0.05) is 32.1 Å². The molecule has 1 saturated heterocycles. The minimum atomic E-state index is -0.276. The molecule has 1 aliphatic heterocycles. The van der Waals surface area contributed by atoms with Crippen LogP contribution in [0.2, 0.25) is 0 Å². The lowest BCUT2D eigenvalue weighted by Gasteiger charge is -2.55. The maximum Gasteiger partial charge on any atom is 0.0758 e. The molecule has 19 heavy (non-hydrogen) atoms. The topological polar surface area (TPSA) is 49.8 Å². The Balaban J connectivity index is 1.63. The van der Waals surface area contributed by atoms with E-state index in [0.29, 0.717) is 5.92 Å². The fourth-order valence-corrected chi connectivity index (χ4v) is 4.41. The molecule has 0 amide bonds. The summed E-state index contributed by atoms with van der Waals surface area (Å²) in [6.07, 6.45) is 12.2. The van der Waals surface area contributed by atoms with Gasteiger partial charge in [0.1, 0.15) is 0 Å². The highest BCUT2D eigenvalue weighted by atomic mass is 16.5. The van der Waals surface area contributed by atoms with E-state index in [1.807, 2.05) is 0 Å². The Kier molecular flexibility index (Phi) is 4.42. The molecule has 0 aromatic heterocycles. The summed E-state index contributed by atoms with van der Waals surface area (Å²) in [7, 11) is 0. The van der Waals surface area contributed by atoms with Gasteiger partial charge in [-0.15, -0.1) is 0 Å². The van der Waals surface area contributed by atoms with Crippen molar-refractivity contribution in [3.63, 3.8) is 0 Å². The molecule has 3 rings (SSSR count). The molecule has 3 unspecified atom stereocenters. The van der Waals surface area contributed by atoms with Gasteiger partial charge >= 0.3 is 0 Å². The first-order valence-corrected chi connectivity index (χ1v) is 8.20. The molecule has 4 nitrogen and oxygen atoms in total. The van der Waals surface area contributed by atoms with Crippen molar-refractivity contribution in [2.75, 3.05) is 0 Å². The quantitative estimate of drug-likeness (QED) is 0.778. The molecule has 2 saturated carbocycles. The molecule has 0 aromatic carbocycles. The lowest BCUT2D eigenvalue weighted by atomic mass is 9.78. The normalized spacial score (nSPS) is 38.4. The molecule has 0 bridgehead atoms. The van der Waals surface area contributed by atoms with E-state index in [-0.39, 0.29) is 18.2 Å². The van der Waals surface area contributed by atoms with Crippen LogP contribution in [0.5, 0.6) is 0 Å². The zero-order valence-corrected chi connectivity index (χ0v) is 11.8. The zero-order valence-electron chi connectivity index (χ0n) is 11.8. The highest BCUT2D eigenvalue weighted by molar-refractivity contribution is 4.92. The minimum absolute atomic E-state index is 0.172. The van der Waals surface area contributed by atoms with Gasteiger partial charge in [0.15, 0.2) is 0 Å². The van der Waals surface area contributed by atoms with Crippen molar-refractivity contribution < 1.29 is 5.21 Å². The van der Waals surface area contributed by atoms with E-state index >= 15 is 0 Å². The van der Waals surface area contributed by atoms with E-state index in [2.05, 4.69) is 0 Å². The second-order valence-electron chi connectivity index (χ2n) is 6.70. The molecule has 3 atom stereocenters. The molecule has 0 aromatic rings. The van der Waals surface area contributed by atoms with E-state index in [1.54, 1.807) is 0 Å². The monoisotopic (exact) mass is 267 g/mol. The van der Waals surface area contributed by atoms with Crippen LogP contribution in [0, 0.1) is 11.1 Å². The van der Waals surface area contributed by atoms with Gasteiger partial charge in [0.05, 0.1) is 6.17 Å². The van der Waals surface area contributed by atoms with Crippen LogP contribution in [0.4, 0.5) is 0 Å². The van der Waals surface area contributed by atoms with Crippen molar-refractivity contribution in [2.45, 2.75) is 88.9 Å². The molecule has 4 heteroatoms. The van der Waals surface area contributed by atoms with Gasteiger partial charge in [0.25, 0.3) is 0 Å². The second-order valence-corrected chi connectivity index (χ2v) is 6.70. The fourth-order valence-electron chi connectivity index (χ4n) is 4.41. The highest BCUT2D eigenvalue weighted by Crippen LogP contribution is 2.39. The van der Waals surface area contributed by atoms with Crippen LogP contribution in [-0.4, -0.2) is 33.6 Å². The van der Waals surface area contributed by atoms with Crippen LogP contribution in [0.3, 0.4) is 0 Å². The average Bonchev–Trinajstić information content (AvgIpc) is 2.48. The molecule has 1 heterocycles. The summed E-state index contributed by atoms with van der Waals surface area (Å²) >= 11 is 0. The Morgan fingerprint density at radius 1 is 0.842 bits per heavy atom. The van der Waals surface area contributed by atoms with Gasteiger partial charge < -0.3 is 15.5 Å². The van der Waals surface area contributed by atoms with E-state index in [1.165, 1.54) is 48.7 Å². The van der Waals surface area contributed by atoms with Crippen LogP contribution in [0.25, 0.3) is 0 Å². The number of hydroxylamine groups is 4. The molecule has 3 aliphatic rings. The first-order chi connectivity index (χ1) is 9.27. The Morgan fingerprint density at radius 2 is 1.53 bits per heavy atom. The molecule has 0 spiro atoms. The summed E-state index contributed by atoms with van der Waals surface area (Å²) in [6, 6.07) is 0.390. The summed E-state index contributed by atoms with van der Waals surface area (Å²) in [4.78, 5) is 0. The van der Waals surface area contributed by atoms with Gasteiger partial charge in [-0.3, -0.25) is 0 Å². The number of hydrogen-bond donors (Lipinski definition) is 1. The largest absolute Gasteiger partial charge is 0.784 e. The molecular formula is C15H27N2O2-. The van der Waals surface area contributed by atoms with Crippen LogP contribution in [-0.2, 0) is 0 Å². The van der Waals surface area contributed by atoms with E-state index in [0.717, 1.165) is 32.1 Å². The van der Waals surface area contributed by atoms with Gasteiger partial charge in [-0.05, 0) is 44.4 Å². The summed E-state index contributed by atoms with van der Waals surface area (Å²) in [5.41, 5.74) is 0. The first kappa shape index (κ1) is 13.8. The standard InChI is InChI=1S/C15H27N2O2/c18-16(13-7-2-1-3-8-13)15-11-10-12-6-4-5-9-14(12)17(15)19/h12-15,18H,1-11H2/q-1. The smallest absolute Gasteiger partial charge is 0.0758 e. The lowest BCUT2D eigenvalue weighted by molar-refractivity contribution is -0.218. The van der Waals surface area contributed by atoms with Gasteiger partial charge in [-0.25, -0.2) is 0 Å². The van der Waals surface area contributed by atoms with Crippen molar-refractivity contribution >= 4 is 0 Å². The molecule has 3 fully saturated rings. The Morgan fingerprint density at radius 3 is 2.32 bits per heavy atom. The molecule has 2 aliphatic carbocycles. The third kappa shape index (κ3) is 2.82. The van der Waals surface area contributed by atoms with Crippen molar-refractivity contribution in [2.24, 2.45) is 5.92 Å². The maximum absolute atomic E-state index is 12.6. The fraction of sp³-hybridized carbons (Fsp3) is 1.00. The molecular weight excluding hydrogens is 240 g/mol. The van der Waals surface area contributed by atoms with Gasteiger partial charge in [-0.2, -0.15) is 5.06 Å². The van der Waals surface area contributed by atoms with Crippen molar-refractivity contribution in [1.29, 1.82) is 0 Å². The number of piperidine rings is 1. The predicted molar refractivity (Wildman–Crippen MR) is 74.5 cm³/mol. The number of hydrogen-bond acceptors (Lipinski definition) is 4. The minimum Gasteiger partial charge on any atom is -0.784 e. The van der Waals surface area contributed by atoms with Crippen LogP contribution < -0.4 is 0 Å². The zero-order chi connectivity index (χ0) is 13.2. The van der Waals surface area contributed by atoms with Crippen molar-refractivity contribution in [1.82, 2.24) is 10.1 Å².